The van der Waals surface area contributed by atoms with Crippen LogP contribution in [0.3, 0.4) is 0 Å². The maximum atomic E-state index is 14.9. The molecule has 44 heavy (non-hydrogen) atoms. The van der Waals surface area contributed by atoms with Gasteiger partial charge in [0.1, 0.15) is 0 Å². The first-order chi connectivity index (χ1) is 21.6. The van der Waals surface area contributed by atoms with Gasteiger partial charge >= 0.3 is 0 Å². The smallest absolute Gasteiger partial charge is 0.171 e. The highest BCUT2D eigenvalue weighted by Crippen LogP contribution is 2.69. The van der Waals surface area contributed by atoms with Crippen LogP contribution in [0, 0.1) is 35.0 Å². The predicted octanol–water partition coefficient (Wildman–Crippen LogP) is 7.98. The van der Waals surface area contributed by atoms with Gasteiger partial charge in [0.2, 0.25) is 0 Å². The van der Waals surface area contributed by atoms with Crippen LogP contribution < -0.4 is 15.9 Å². The second-order valence-electron chi connectivity index (χ2n) is 13.5. The van der Waals surface area contributed by atoms with Crippen LogP contribution >= 0.6 is 7.14 Å². The van der Waals surface area contributed by atoms with Crippen molar-refractivity contribution >= 4 is 23.1 Å². The quantitative estimate of drug-likeness (QED) is 0.200. The Morgan fingerprint density at radius 1 is 0.659 bits per heavy atom. The van der Waals surface area contributed by atoms with E-state index in [2.05, 4.69) is 48.5 Å². The number of aromatic nitrogens is 1. The number of pyridine rings is 1. The lowest BCUT2D eigenvalue weighted by Crippen LogP contribution is -2.55. The summed E-state index contributed by atoms with van der Waals surface area (Å²) in [4.78, 5) is 5.16. The molecule has 0 N–H and O–H groups in total. The van der Waals surface area contributed by atoms with E-state index < -0.39 is 7.14 Å². The third kappa shape index (κ3) is 3.56. The van der Waals surface area contributed by atoms with Crippen LogP contribution in [-0.2, 0) is 9.98 Å². The highest BCUT2D eigenvalue weighted by Gasteiger charge is 2.62. The number of rotatable bonds is 4. The van der Waals surface area contributed by atoms with Crippen molar-refractivity contribution in [2.45, 2.75) is 37.5 Å². The van der Waals surface area contributed by atoms with Crippen molar-refractivity contribution in [2.24, 2.45) is 23.7 Å². The third-order valence-corrected chi connectivity index (χ3v) is 14.5. The molecule has 5 aliphatic rings. The van der Waals surface area contributed by atoms with E-state index in [1.54, 1.807) is 0 Å². The van der Waals surface area contributed by atoms with E-state index in [1.807, 2.05) is 72.9 Å². The van der Waals surface area contributed by atoms with Gasteiger partial charge in [0, 0.05) is 38.7 Å². The summed E-state index contributed by atoms with van der Waals surface area (Å²) >= 11 is 0. The molecule has 4 heteroatoms. The van der Waals surface area contributed by atoms with E-state index in [0.717, 1.165) is 44.6 Å². The van der Waals surface area contributed by atoms with E-state index >= 15 is 0 Å². The second kappa shape index (κ2) is 9.62. The van der Waals surface area contributed by atoms with Crippen molar-refractivity contribution in [1.29, 1.82) is 5.26 Å². The first-order valence-corrected chi connectivity index (χ1v) is 17.7. The molecular formula is C40H33N2OP. The molecule has 5 aromatic rings. The monoisotopic (exact) mass is 588 g/mol. The molecule has 10 rings (SSSR count). The molecule has 0 unspecified atom stereocenters. The molecule has 1 heterocycles. The Hall–Kier alpha value is -4.25. The molecule has 4 aromatic carbocycles. The van der Waals surface area contributed by atoms with E-state index in [-0.39, 0.29) is 5.41 Å². The Balaban J connectivity index is 1.17. The Bertz CT molecular complexity index is 1940. The third-order valence-electron chi connectivity index (χ3n) is 11.4. The fourth-order valence-corrected chi connectivity index (χ4v) is 12.5. The van der Waals surface area contributed by atoms with Gasteiger partial charge in [-0.05, 0) is 90.7 Å². The summed E-state index contributed by atoms with van der Waals surface area (Å²) in [6.45, 7) is 0. The zero-order valence-corrected chi connectivity index (χ0v) is 25.5. The molecule has 0 radical (unpaired) electrons. The van der Waals surface area contributed by atoms with E-state index in [0.29, 0.717) is 17.4 Å². The van der Waals surface area contributed by atoms with Gasteiger partial charge in [0.15, 0.2) is 7.14 Å². The summed E-state index contributed by atoms with van der Waals surface area (Å²) in [6.07, 6.45) is 8.63. The SMILES string of the molecule is N#Cc1ccc2c(c1)-c1ncc(-c3ccc(P(=O)(c4ccccc4)c4ccccc4)cc3)cc1C21C2CC3CC(C2)CC1C3. The zero-order valence-electron chi connectivity index (χ0n) is 24.6. The maximum absolute atomic E-state index is 14.9. The molecular weight excluding hydrogens is 555 g/mol. The Labute approximate surface area is 259 Å². The van der Waals surface area contributed by atoms with Crippen molar-refractivity contribution in [3.8, 4) is 28.5 Å². The van der Waals surface area contributed by atoms with Crippen molar-refractivity contribution in [1.82, 2.24) is 4.98 Å². The van der Waals surface area contributed by atoms with Crippen LogP contribution in [0.1, 0.15) is 48.8 Å². The van der Waals surface area contributed by atoms with Crippen molar-refractivity contribution in [3.05, 3.63) is 132 Å². The van der Waals surface area contributed by atoms with Crippen LogP contribution in [0.2, 0.25) is 0 Å². The number of benzene rings is 4. The van der Waals surface area contributed by atoms with Gasteiger partial charge in [-0.25, -0.2) is 0 Å². The van der Waals surface area contributed by atoms with Crippen LogP contribution in [0.4, 0.5) is 0 Å². The average Bonchev–Trinajstić information content (AvgIpc) is 3.36. The van der Waals surface area contributed by atoms with Gasteiger partial charge in [-0.2, -0.15) is 5.26 Å². The second-order valence-corrected chi connectivity index (χ2v) is 16.3. The van der Waals surface area contributed by atoms with Gasteiger partial charge in [-0.3, -0.25) is 4.98 Å². The topological polar surface area (TPSA) is 53.8 Å². The number of fused-ring (bicyclic) bond motifs is 3. The Kier molecular flexibility index (Phi) is 5.73. The fourth-order valence-electron chi connectivity index (χ4n) is 9.86. The Morgan fingerprint density at radius 3 is 1.84 bits per heavy atom. The standard InChI is InChI=1S/C40H33N2OP/c41-24-26-11-16-37-36(22-26)39-38(40(37)31-18-27-17-28(20-31)21-32(40)19-27)23-30(25-42-39)29-12-14-35(15-13-29)44(43,33-7-3-1-4-8-33)34-9-5-2-6-10-34/h1-16,22-23,25,27-28,31-32H,17-21H2. The first kappa shape index (κ1) is 26.2. The van der Waals surface area contributed by atoms with Crippen molar-refractivity contribution in [3.63, 3.8) is 0 Å². The van der Waals surface area contributed by atoms with Gasteiger partial charge < -0.3 is 4.57 Å². The molecule has 4 fully saturated rings. The van der Waals surface area contributed by atoms with Gasteiger partial charge in [0.25, 0.3) is 0 Å². The zero-order chi connectivity index (χ0) is 29.5. The Morgan fingerprint density at radius 2 is 1.25 bits per heavy atom. The summed E-state index contributed by atoms with van der Waals surface area (Å²) in [6, 6.07) is 39.2. The van der Waals surface area contributed by atoms with Crippen LogP contribution in [0.15, 0.2) is 115 Å². The molecule has 4 saturated carbocycles. The summed E-state index contributed by atoms with van der Waals surface area (Å²) in [5.74, 6) is 2.99. The van der Waals surface area contributed by atoms with Crippen molar-refractivity contribution in [2.75, 3.05) is 0 Å². The largest absolute Gasteiger partial charge is 0.309 e. The number of hydrogen-bond acceptors (Lipinski definition) is 3. The van der Waals surface area contributed by atoms with E-state index in [9.17, 15) is 9.83 Å². The summed E-state index contributed by atoms with van der Waals surface area (Å²) in [5.41, 5.74) is 7.91. The summed E-state index contributed by atoms with van der Waals surface area (Å²) < 4.78 is 14.9. The molecule has 0 saturated heterocycles. The van der Waals surface area contributed by atoms with E-state index in [1.165, 1.54) is 48.8 Å². The van der Waals surface area contributed by atoms with Crippen LogP contribution in [-0.4, -0.2) is 4.98 Å². The molecule has 5 aliphatic carbocycles. The molecule has 214 valence electrons. The molecule has 3 nitrogen and oxygen atoms in total. The van der Waals surface area contributed by atoms with Gasteiger partial charge in [-0.15, -0.1) is 0 Å². The highest BCUT2D eigenvalue weighted by atomic mass is 31.2. The maximum Gasteiger partial charge on any atom is 0.171 e. The highest BCUT2D eigenvalue weighted by molar-refractivity contribution is 7.85. The molecule has 0 atom stereocenters. The molecule has 1 aromatic heterocycles. The lowest BCUT2D eigenvalue weighted by Gasteiger charge is -2.61. The lowest BCUT2D eigenvalue weighted by atomic mass is 9.43. The van der Waals surface area contributed by atoms with Crippen LogP contribution in [0.25, 0.3) is 22.4 Å². The minimum atomic E-state index is -3.03. The number of hydrogen-bond donors (Lipinski definition) is 0. The van der Waals surface area contributed by atoms with E-state index in [4.69, 9.17) is 4.98 Å². The summed E-state index contributed by atoms with van der Waals surface area (Å²) in [7, 11) is -3.03. The molecule has 0 amide bonds. The summed E-state index contributed by atoms with van der Waals surface area (Å²) in [5, 5.41) is 12.3. The fraction of sp³-hybridized carbons (Fsp3) is 0.250. The van der Waals surface area contributed by atoms with Gasteiger partial charge in [0.05, 0.1) is 17.3 Å². The van der Waals surface area contributed by atoms with Gasteiger partial charge in [-0.1, -0.05) is 91.0 Å². The molecule has 4 bridgehead atoms. The average molecular weight is 589 g/mol. The lowest BCUT2D eigenvalue weighted by molar-refractivity contribution is -0.0399. The predicted molar refractivity (Wildman–Crippen MR) is 177 cm³/mol. The number of nitriles is 1. The normalized spacial score (nSPS) is 25.9. The van der Waals surface area contributed by atoms with Crippen molar-refractivity contribution < 1.29 is 4.57 Å². The minimum Gasteiger partial charge on any atom is -0.309 e. The molecule has 1 spiro atoms. The number of nitrogens with zero attached hydrogens (tertiary/aromatic N) is 2. The van der Waals surface area contributed by atoms with Crippen LogP contribution in [0.5, 0.6) is 0 Å². The molecule has 0 aliphatic heterocycles. The minimum absolute atomic E-state index is 0.00859. The first-order valence-electron chi connectivity index (χ1n) is 16.0.